The van der Waals surface area contributed by atoms with Crippen molar-refractivity contribution in [3.05, 3.63) is 0 Å². The highest BCUT2D eigenvalue weighted by Gasteiger charge is 2.56. The maximum absolute atomic E-state index is 12.2. The van der Waals surface area contributed by atoms with Crippen LogP contribution >= 0.6 is 11.8 Å². The van der Waals surface area contributed by atoms with E-state index >= 15 is 0 Å². The summed E-state index contributed by atoms with van der Waals surface area (Å²) in [6, 6.07) is -0.176. The van der Waals surface area contributed by atoms with Crippen LogP contribution in [0.4, 0.5) is 0 Å². The van der Waals surface area contributed by atoms with Crippen LogP contribution in [-0.2, 0) is 9.59 Å². The van der Waals surface area contributed by atoms with Crippen LogP contribution < -0.4 is 0 Å². The van der Waals surface area contributed by atoms with Gasteiger partial charge in [0.1, 0.15) is 6.04 Å². The highest BCUT2D eigenvalue weighted by atomic mass is 32.2. The van der Waals surface area contributed by atoms with E-state index in [1.807, 2.05) is 32.6 Å². The molecule has 0 radical (unpaired) electrons. The molecule has 2 saturated heterocycles. The number of hydrogen-bond acceptors (Lipinski definition) is 3. The van der Waals surface area contributed by atoms with Crippen molar-refractivity contribution in [2.75, 3.05) is 5.75 Å². The summed E-state index contributed by atoms with van der Waals surface area (Å²) in [6.07, 6.45) is 0.892. The minimum Gasteiger partial charge on any atom is -0.319 e. The number of β-lactam (4-membered cyclic amide) rings is 1. The second-order valence-electron chi connectivity index (χ2n) is 5.61. The van der Waals surface area contributed by atoms with Crippen LogP contribution in [0.2, 0.25) is 0 Å². The molecule has 16 heavy (non-hydrogen) atoms. The Morgan fingerprint density at radius 2 is 2.12 bits per heavy atom. The van der Waals surface area contributed by atoms with Gasteiger partial charge in [-0.05, 0) is 6.42 Å². The van der Waals surface area contributed by atoms with Crippen molar-refractivity contribution >= 4 is 23.5 Å². The minimum absolute atomic E-state index is 0.155. The monoisotopic (exact) mass is 241 g/mol. The molecule has 1 amide bonds. The quantitative estimate of drug-likeness (QED) is 0.693. The van der Waals surface area contributed by atoms with Gasteiger partial charge in [-0.3, -0.25) is 9.59 Å². The van der Waals surface area contributed by atoms with Gasteiger partial charge in [-0.1, -0.05) is 27.7 Å². The second-order valence-corrected chi connectivity index (χ2v) is 6.76. The summed E-state index contributed by atoms with van der Waals surface area (Å²) < 4.78 is 0. The van der Waals surface area contributed by atoms with Crippen LogP contribution in [0.15, 0.2) is 0 Å². The standard InChI is InChI=1S/C12H19NO2S/c1-5-7-10(15)13-8(6-16-11(7)13)9(14)12(2,3)4/h7-8,11H,5-6H2,1-4H3. The van der Waals surface area contributed by atoms with Crippen molar-refractivity contribution in [1.29, 1.82) is 0 Å². The van der Waals surface area contributed by atoms with Crippen molar-refractivity contribution in [2.24, 2.45) is 11.3 Å². The van der Waals surface area contributed by atoms with Gasteiger partial charge in [-0.2, -0.15) is 0 Å². The average Bonchev–Trinajstić information content (AvgIpc) is 2.55. The molecular weight excluding hydrogens is 222 g/mol. The Balaban J connectivity index is 2.12. The molecule has 0 aromatic heterocycles. The normalized spacial score (nSPS) is 33.6. The zero-order valence-electron chi connectivity index (χ0n) is 10.3. The van der Waals surface area contributed by atoms with Crippen LogP contribution in [0.3, 0.4) is 0 Å². The van der Waals surface area contributed by atoms with E-state index in [0.717, 1.165) is 12.2 Å². The fraction of sp³-hybridized carbons (Fsp3) is 0.833. The Hall–Kier alpha value is -0.510. The lowest BCUT2D eigenvalue weighted by Gasteiger charge is -2.44. The topological polar surface area (TPSA) is 37.4 Å². The molecule has 90 valence electrons. The first-order valence-electron chi connectivity index (χ1n) is 5.86. The molecule has 0 aromatic carbocycles. The highest BCUT2D eigenvalue weighted by molar-refractivity contribution is 8.00. The maximum atomic E-state index is 12.2. The number of nitrogens with zero attached hydrogens (tertiary/aromatic N) is 1. The number of fused-ring (bicyclic) bond motifs is 1. The van der Waals surface area contributed by atoms with Crippen molar-refractivity contribution in [3.63, 3.8) is 0 Å². The lowest BCUT2D eigenvalue weighted by molar-refractivity contribution is -0.157. The van der Waals surface area contributed by atoms with Crippen LogP contribution in [0.1, 0.15) is 34.1 Å². The third-order valence-corrected chi connectivity index (χ3v) is 4.84. The molecule has 4 heteroatoms. The predicted molar refractivity (Wildman–Crippen MR) is 65.1 cm³/mol. The van der Waals surface area contributed by atoms with Gasteiger partial charge in [-0.25, -0.2) is 0 Å². The summed E-state index contributed by atoms with van der Waals surface area (Å²) >= 11 is 1.77. The maximum Gasteiger partial charge on any atom is 0.230 e. The summed E-state index contributed by atoms with van der Waals surface area (Å²) in [5.74, 6) is 1.32. The lowest BCUT2D eigenvalue weighted by atomic mass is 9.84. The Morgan fingerprint density at radius 3 is 2.62 bits per heavy atom. The van der Waals surface area contributed by atoms with Crippen LogP contribution in [0, 0.1) is 11.3 Å². The molecule has 0 spiro atoms. The fourth-order valence-corrected chi connectivity index (χ4v) is 4.07. The first-order chi connectivity index (χ1) is 7.38. The van der Waals surface area contributed by atoms with Gasteiger partial charge in [0.15, 0.2) is 5.78 Å². The van der Waals surface area contributed by atoms with Crippen LogP contribution in [-0.4, -0.2) is 33.8 Å². The first-order valence-corrected chi connectivity index (χ1v) is 6.91. The van der Waals surface area contributed by atoms with E-state index in [1.54, 1.807) is 11.8 Å². The minimum atomic E-state index is -0.350. The predicted octanol–water partition coefficient (Wildman–Crippen LogP) is 1.91. The van der Waals surface area contributed by atoms with E-state index in [-0.39, 0.29) is 34.4 Å². The van der Waals surface area contributed by atoms with Crippen molar-refractivity contribution in [2.45, 2.75) is 45.5 Å². The van der Waals surface area contributed by atoms with Gasteiger partial charge in [0.2, 0.25) is 5.91 Å². The lowest BCUT2D eigenvalue weighted by Crippen LogP contribution is -2.62. The number of carbonyl (C=O) groups excluding carboxylic acids is 2. The fourth-order valence-electron chi connectivity index (χ4n) is 2.43. The van der Waals surface area contributed by atoms with E-state index in [4.69, 9.17) is 0 Å². The second kappa shape index (κ2) is 3.76. The molecule has 0 aromatic rings. The third-order valence-electron chi connectivity index (χ3n) is 3.43. The Morgan fingerprint density at radius 1 is 1.50 bits per heavy atom. The number of amides is 1. The Labute approximate surface area is 101 Å². The number of rotatable bonds is 2. The number of Topliss-reactive ketones (excluding diaryl/α,β-unsaturated/α-hetero) is 1. The number of ketones is 1. The van der Waals surface area contributed by atoms with Gasteiger partial charge < -0.3 is 4.90 Å². The van der Waals surface area contributed by atoms with Gasteiger partial charge in [0.25, 0.3) is 0 Å². The molecule has 2 rings (SSSR count). The van der Waals surface area contributed by atoms with Crippen LogP contribution in [0.5, 0.6) is 0 Å². The average molecular weight is 241 g/mol. The van der Waals surface area contributed by atoms with Gasteiger partial charge >= 0.3 is 0 Å². The molecule has 2 fully saturated rings. The Bertz CT molecular complexity index is 334. The molecule has 0 saturated carbocycles. The van der Waals surface area contributed by atoms with Crippen molar-refractivity contribution in [3.8, 4) is 0 Å². The summed E-state index contributed by atoms with van der Waals surface area (Å²) in [5, 5.41) is 0.272. The zero-order valence-corrected chi connectivity index (χ0v) is 11.1. The smallest absolute Gasteiger partial charge is 0.230 e. The van der Waals surface area contributed by atoms with Gasteiger partial charge in [0.05, 0.1) is 11.3 Å². The molecule has 3 atom stereocenters. The third kappa shape index (κ3) is 1.58. The van der Waals surface area contributed by atoms with Gasteiger partial charge in [0, 0.05) is 11.2 Å². The van der Waals surface area contributed by atoms with Gasteiger partial charge in [-0.15, -0.1) is 11.8 Å². The van der Waals surface area contributed by atoms with E-state index < -0.39 is 0 Å². The highest BCUT2D eigenvalue weighted by Crippen LogP contribution is 2.46. The summed E-state index contributed by atoms with van der Waals surface area (Å²) in [4.78, 5) is 25.9. The SMILES string of the molecule is CCC1C(=O)N2C(C(=O)C(C)(C)C)CSC12. The number of thioether (sulfide) groups is 1. The Kier molecular flexibility index (Phi) is 2.81. The van der Waals surface area contributed by atoms with E-state index in [0.29, 0.717) is 0 Å². The van der Waals surface area contributed by atoms with Crippen LogP contribution in [0.25, 0.3) is 0 Å². The molecule has 2 heterocycles. The molecule has 3 nitrogen and oxygen atoms in total. The molecule has 2 aliphatic rings. The summed E-state index contributed by atoms with van der Waals surface area (Å²) in [5.41, 5.74) is -0.350. The molecule has 0 aliphatic carbocycles. The largest absolute Gasteiger partial charge is 0.319 e. The van der Waals surface area contributed by atoms with Crippen molar-refractivity contribution in [1.82, 2.24) is 4.90 Å². The molecule has 0 N–H and O–H groups in total. The molecular formula is C12H19NO2S. The summed E-state index contributed by atoms with van der Waals surface area (Å²) in [6.45, 7) is 7.82. The van der Waals surface area contributed by atoms with E-state index in [2.05, 4.69) is 0 Å². The van der Waals surface area contributed by atoms with Crippen molar-refractivity contribution < 1.29 is 9.59 Å². The number of hydrogen-bond donors (Lipinski definition) is 0. The first kappa shape index (κ1) is 12.0. The van der Waals surface area contributed by atoms with E-state index in [1.165, 1.54) is 0 Å². The molecule has 0 bridgehead atoms. The summed E-state index contributed by atoms with van der Waals surface area (Å²) in [7, 11) is 0. The zero-order chi connectivity index (χ0) is 12.1. The number of carbonyl (C=O) groups is 2. The molecule has 3 unspecified atom stereocenters. The van der Waals surface area contributed by atoms with E-state index in [9.17, 15) is 9.59 Å². The molecule has 2 aliphatic heterocycles.